The first kappa shape index (κ1) is 39.8. The maximum absolute atomic E-state index is 2.44. The topological polar surface area (TPSA) is 3.24 Å². The number of rotatable bonds is 9. The van der Waals surface area contributed by atoms with Crippen molar-refractivity contribution in [1.29, 1.82) is 0 Å². The molecule has 67 heavy (non-hydrogen) atoms. The van der Waals surface area contributed by atoms with Crippen molar-refractivity contribution in [1.82, 2.24) is 0 Å². The molecule has 0 heterocycles. The zero-order valence-electron chi connectivity index (χ0n) is 36.9. The summed E-state index contributed by atoms with van der Waals surface area (Å²) >= 11 is 0. The molecule has 12 aromatic carbocycles. The molecule has 1 nitrogen and oxygen atoms in total. The van der Waals surface area contributed by atoms with Crippen molar-refractivity contribution < 1.29 is 0 Å². The molecule has 0 aliphatic rings. The lowest BCUT2D eigenvalue weighted by atomic mass is 9.90. The maximum atomic E-state index is 2.44. The van der Waals surface area contributed by atoms with Crippen LogP contribution in [0.25, 0.3) is 99.1 Å². The lowest BCUT2D eigenvalue weighted by molar-refractivity contribution is 1.29. The van der Waals surface area contributed by atoms with Crippen molar-refractivity contribution in [3.63, 3.8) is 0 Å². The van der Waals surface area contributed by atoms with Crippen molar-refractivity contribution in [2.75, 3.05) is 4.90 Å². The zero-order valence-corrected chi connectivity index (χ0v) is 36.9. The number of hydrogen-bond donors (Lipinski definition) is 0. The molecule has 0 spiro atoms. The fourth-order valence-electron chi connectivity index (χ4n) is 9.90. The Morgan fingerprint density at radius 1 is 0.179 bits per heavy atom. The Morgan fingerprint density at radius 3 is 1.19 bits per heavy atom. The molecule has 0 aliphatic carbocycles. The molecule has 0 saturated heterocycles. The number of anilines is 3. The third-order valence-electron chi connectivity index (χ3n) is 13.2. The van der Waals surface area contributed by atoms with Gasteiger partial charge in [-0.1, -0.05) is 206 Å². The summed E-state index contributed by atoms with van der Waals surface area (Å²) in [5.74, 6) is 0. The van der Waals surface area contributed by atoms with Crippen LogP contribution in [-0.2, 0) is 0 Å². The third-order valence-corrected chi connectivity index (χ3v) is 13.2. The van der Waals surface area contributed by atoms with Gasteiger partial charge in [0.1, 0.15) is 0 Å². The summed E-state index contributed by atoms with van der Waals surface area (Å²) in [6.45, 7) is 0. The summed E-state index contributed by atoms with van der Waals surface area (Å²) < 4.78 is 0. The Balaban J connectivity index is 1.05. The van der Waals surface area contributed by atoms with Crippen molar-refractivity contribution >= 4 is 49.4 Å². The molecule has 0 radical (unpaired) electrons. The normalized spacial score (nSPS) is 11.3. The number of benzene rings is 12. The van der Waals surface area contributed by atoms with Gasteiger partial charge >= 0.3 is 0 Å². The minimum atomic E-state index is 1.08. The van der Waals surface area contributed by atoms with Crippen LogP contribution in [0, 0.1) is 0 Å². The van der Waals surface area contributed by atoms with Crippen molar-refractivity contribution in [3.8, 4) is 66.8 Å². The van der Waals surface area contributed by atoms with Crippen LogP contribution in [0.4, 0.5) is 17.1 Å². The molecule has 12 aromatic rings. The molecular formula is C66H45N. The molecule has 1 heteroatoms. The van der Waals surface area contributed by atoms with Gasteiger partial charge in [0.25, 0.3) is 0 Å². The van der Waals surface area contributed by atoms with E-state index >= 15 is 0 Å². The van der Waals surface area contributed by atoms with Gasteiger partial charge in [-0.2, -0.15) is 0 Å². The highest BCUT2D eigenvalue weighted by atomic mass is 15.1. The van der Waals surface area contributed by atoms with Gasteiger partial charge < -0.3 is 4.90 Å². The Bertz CT molecular complexity index is 3670. The molecule has 0 atom stereocenters. The quantitative estimate of drug-likeness (QED) is 0.131. The molecule has 0 aliphatic heterocycles. The molecular weight excluding hydrogens is 807 g/mol. The summed E-state index contributed by atoms with van der Waals surface area (Å²) in [6.07, 6.45) is 0. The average Bonchev–Trinajstić information content (AvgIpc) is 3.41. The first-order valence-corrected chi connectivity index (χ1v) is 23.1. The minimum absolute atomic E-state index is 1.08. The van der Waals surface area contributed by atoms with Crippen molar-refractivity contribution in [3.05, 3.63) is 273 Å². The summed E-state index contributed by atoms with van der Waals surface area (Å²) in [5, 5.41) is 7.41. The monoisotopic (exact) mass is 851 g/mol. The predicted molar refractivity (Wildman–Crippen MR) is 286 cm³/mol. The smallest absolute Gasteiger partial charge is 0.0474 e. The van der Waals surface area contributed by atoms with E-state index in [-0.39, 0.29) is 0 Å². The van der Waals surface area contributed by atoms with Crippen LogP contribution in [0.2, 0.25) is 0 Å². The molecule has 0 bridgehead atoms. The van der Waals surface area contributed by atoms with Gasteiger partial charge in [0, 0.05) is 17.1 Å². The highest BCUT2D eigenvalue weighted by molar-refractivity contribution is 6.16. The number of nitrogens with zero attached hydrogens (tertiary/aromatic N) is 1. The summed E-state index contributed by atoms with van der Waals surface area (Å²) in [4.78, 5) is 2.44. The van der Waals surface area contributed by atoms with Crippen LogP contribution in [0.1, 0.15) is 0 Å². The maximum Gasteiger partial charge on any atom is 0.0474 e. The molecule has 314 valence electrons. The van der Waals surface area contributed by atoms with Gasteiger partial charge in [0.15, 0.2) is 0 Å². The lowest BCUT2D eigenvalue weighted by Gasteiger charge is -2.28. The fraction of sp³-hybridized carbons (Fsp3) is 0. The SMILES string of the molecule is c1ccc(-c2cccc(-c3ccc(N(c4cccc(-c5cc(-c6ccccc6)cc(-c6ccccc6)c5)c4)c4cc(-c5cc6ccccc6c6ccccc56)c5ccccc5c4)cc3)c2)cc1. The largest absolute Gasteiger partial charge is 0.310 e. The summed E-state index contributed by atoms with van der Waals surface area (Å²) in [6, 6.07) is 99.6. The van der Waals surface area contributed by atoms with Gasteiger partial charge in [0.2, 0.25) is 0 Å². The second-order valence-electron chi connectivity index (χ2n) is 17.3. The highest BCUT2D eigenvalue weighted by Crippen LogP contribution is 2.45. The molecule has 12 rings (SSSR count). The molecule has 0 aromatic heterocycles. The first-order chi connectivity index (χ1) is 33.2. The van der Waals surface area contributed by atoms with Crippen LogP contribution in [-0.4, -0.2) is 0 Å². The fourth-order valence-corrected chi connectivity index (χ4v) is 9.90. The second-order valence-corrected chi connectivity index (χ2v) is 17.3. The first-order valence-electron chi connectivity index (χ1n) is 23.1. The standard InChI is InChI=1S/C66H45N/c1-4-18-46(19-5-1)50-26-16-27-51(38-50)49-34-36-58(37-35-49)67(59-29-17-28-52(42-59)57-40-55(47-20-6-2-7-21-47)39-56(41-57)48-22-8-3-9-23-48)60-43-53-24-10-13-31-62(53)66(45-60)65-44-54-25-11-12-30-61(54)63-32-14-15-33-64(63)65/h1-45H. The van der Waals surface area contributed by atoms with Crippen LogP contribution >= 0.6 is 0 Å². The Hall–Kier alpha value is -8.78. The number of fused-ring (bicyclic) bond motifs is 4. The van der Waals surface area contributed by atoms with Gasteiger partial charge in [-0.15, -0.1) is 0 Å². The van der Waals surface area contributed by atoms with Gasteiger partial charge in [-0.3, -0.25) is 0 Å². The molecule has 0 N–H and O–H groups in total. The zero-order chi connectivity index (χ0) is 44.5. The molecule has 0 unspecified atom stereocenters. The Morgan fingerprint density at radius 2 is 0.582 bits per heavy atom. The molecule has 0 fully saturated rings. The average molecular weight is 852 g/mol. The molecule has 0 amide bonds. The minimum Gasteiger partial charge on any atom is -0.310 e. The van der Waals surface area contributed by atoms with Crippen molar-refractivity contribution in [2.24, 2.45) is 0 Å². The van der Waals surface area contributed by atoms with Crippen LogP contribution in [0.15, 0.2) is 273 Å². The lowest BCUT2D eigenvalue weighted by Crippen LogP contribution is -2.10. The van der Waals surface area contributed by atoms with Gasteiger partial charge in [0.05, 0.1) is 0 Å². The number of hydrogen-bond acceptors (Lipinski definition) is 1. The predicted octanol–water partition coefficient (Wildman–Crippen LogP) is 18.6. The van der Waals surface area contributed by atoms with Gasteiger partial charge in [-0.25, -0.2) is 0 Å². The van der Waals surface area contributed by atoms with E-state index in [0.717, 1.165) is 28.2 Å². The van der Waals surface area contributed by atoms with Crippen LogP contribution < -0.4 is 4.90 Å². The Kier molecular flexibility index (Phi) is 10.3. The Labute approximate surface area is 392 Å². The molecule has 0 saturated carbocycles. The van der Waals surface area contributed by atoms with E-state index < -0.39 is 0 Å². The van der Waals surface area contributed by atoms with Crippen LogP contribution in [0.3, 0.4) is 0 Å². The summed E-state index contributed by atoms with van der Waals surface area (Å²) in [5.41, 5.74) is 17.5. The van der Waals surface area contributed by atoms with E-state index in [1.54, 1.807) is 0 Å². The van der Waals surface area contributed by atoms with Crippen molar-refractivity contribution in [2.45, 2.75) is 0 Å². The van der Waals surface area contributed by atoms with E-state index in [9.17, 15) is 0 Å². The van der Waals surface area contributed by atoms with E-state index in [0.29, 0.717) is 0 Å². The van der Waals surface area contributed by atoms with Crippen LogP contribution in [0.5, 0.6) is 0 Å². The van der Waals surface area contributed by atoms with Gasteiger partial charge in [-0.05, 0) is 166 Å². The van der Waals surface area contributed by atoms with E-state index in [1.807, 2.05) is 0 Å². The van der Waals surface area contributed by atoms with E-state index in [2.05, 4.69) is 278 Å². The van der Waals surface area contributed by atoms with E-state index in [4.69, 9.17) is 0 Å². The third kappa shape index (κ3) is 7.73. The van der Waals surface area contributed by atoms with E-state index in [1.165, 1.54) is 88.0 Å². The summed E-state index contributed by atoms with van der Waals surface area (Å²) in [7, 11) is 0. The second kappa shape index (κ2) is 17.3. The highest BCUT2D eigenvalue weighted by Gasteiger charge is 2.19.